The van der Waals surface area contributed by atoms with Crippen LogP contribution in [-0.2, 0) is 5.48 Å². The summed E-state index contributed by atoms with van der Waals surface area (Å²) in [5.74, 6) is 0. The van der Waals surface area contributed by atoms with Crippen LogP contribution in [0.15, 0.2) is 0 Å². The molecule has 0 unspecified atom stereocenters. The maximum Gasteiger partial charge on any atom is 0 e. The van der Waals surface area contributed by atoms with E-state index in [0.717, 1.165) is 0 Å². The van der Waals surface area contributed by atoms with Crippen molar-refractivity contribution >= 4 is 0 Å². The molecule has 50 nitrogen and oxygen atoms in total. The molecule has 0 saturated heterocycles. The summed E-state index contributed by atoms with van der Waals surface area (Å²) in [4.78, 5) is 0. The maximum atomic E-state index is 0. The SMILES string of the molecule is O.O.O.O.O.O.O.O.O.O.O.O.O.O.O.O.O.O.O.O.O.O.O.O.O.O.O.O.O.O.O.O.O.O.O.O.O.O.O.O.O.O.O.O.O.O.O.O.O.[Ar].[Ar].[Ar].[Ar].[Ar].[Ar].[Ar].[Ar].[Ar].[Ar].[Ar].[Ar].[Ar].[Ar].[Ar].[Ar].[Ar].[Ar].[Ar].[Ar].[Ar].[Ar].[Ar].[Ar].[Ar].[Ar].[Ar].[Ar].[Ar].[Ar].[Ar].[Ar].[Ar].[Ar].[Ar].[Ar].[Ar].[Ar].[Ar].[Ar].[Ar].[Ar].[Ar].[Ar].[Ar].[Ar].[Ar].[Ar].[Ar].[Ar].[O]. The molecule has 0 spiro atoms. The Kier molecular flexibility index (Phi) is 12000. The summed E-state index contributed by atoms with van der Waals surface area (Å²) < 4.78 is 0. The van der Waals surface area contributed by atoms with Crippen molar-refractivity contribution in [2.45, 2.75) is 0 Å². The summed E-state index contributed by atoms with van der Waals surface area (Å²) in [5, 5.41) is 0. The van der Waals surface area contributed by atoms with Crippen LogP contribution < -0.4 is 0 Å². The van der Waals surface area contributed by atoms with Crippen LogP contribution in [-0.4, -0.2) is 268 Å². The second-order valence-electron chi connectivity index (χ2n) is 0. The standard InChI is InChI=1S/50Ar.49H2O.O/h;;;;;;;;;;;;;;;;;;;;;;;;;;;;;;;;;;;;;;;;;;;;;;;;;;49*1H2;. The predicted octanol–water partition coefficient (Wildman–Crippen LogP) is -40.5. The third kappa shape index (κ3) is 1070. The van der Waals surface area contributed by atoms with Gasteiger partial charge in [-0.15, -0.1) is 0 Å². The van der Waals surface area contributed by atoms with Gasteiger partial charge in [-0.2, -0.15) is 0 Å². The van der Waals surface area contributed by atoms with Gasteiger partial charge in [0.15, 0.2) is 0 Å². The number of rotatable bonds is 0. The first-order chi connectivity index (χ1) is 0. The monoisotopic (exact) mass is 2900 g/mol. The molecular weight excluding hydrogens is 2800 g/mol. The zero-order valence-electron chi connectivity index (χ0n) is 42.6. The topological polar surface area (TPSA) is 1570 Å². The smallest absolute Gasteiger partial charge is 0 e. The first kappa shape index (κ1) is 1110. The van der Waals surface area contributed by atoms with Crippen LogP contribution in [0.3, 0.4) is 0 Å². The Labute approximate surface area is 2080 Å². The van der Waals surface area contributed by atoms with Crippen molar-refractivity contribution in [2.75, 3.05) is 0 Å². The third-order valence-corrected chi connectivity index (χ3v) is 0. The fourth-order valence-corrected chi connectivity index (χ4v) is 0. The normalized spacial score (nSPS) is 0. The molecule has 0 amide bonds. The van der Waals surface area contributed by atoms with Crippen molar-refractivity contribution < 1.29 is 2160 Å². The average Bonchev–Trinajstić information content (AvgIpc) is 0. The van der Waals surface area contributed by atoms with Crippen molar-refractivity contribution in [3.05, 3.63) is 0 Å². The zero-order chi connectivity index (χ0) is 0. The first-order valence-corrected chi connectivity index (χ1v) is 0. The van der Waals surface area contributed by atoms with Crippen molar-refractivity contribution in [3.63, 3.8) is 0 Å². The van der Waals surface area contributed by atoms with E-state index < -0.39 is 0 Å². The molecule has 0 aromatic rings. The van der Waals surface area contributed by atoms with Crippen LogP contribution >= 0.6 is 0 Å². The van der Waals surface area contributed by atoms with Gasteiger partial charge in [-0.3, -0.25) is 0 Å². The minimum atomic E-state index is 0. The fraction of sp³-hybridized carbons (Fsp3) is 0. The van der Waals surface area contributed by atoms with Gasteiger partial charge in [0.05, 0.1) is 0 Å². The molecule has 100 heteroatoms. The minimum Gasteiger partial charge on any atom is -0.412 e. The second-order valence-corrected chi connectivity index (χ2v) is 0. The summed E-state index contributed by atoms with van der Waals surface area (Å²) in [6.45, 7) is 0. The van der Waals surface area contributed by atoms with Gasteiger partial charge < -0.3 is 268 Å². The van der Waals surface area contributed by atoms with Crippen molar-refractivity contribution in [2.24, 2.45) is 0 Å². The molecule has 0 aliphatic heterocycles. The summed E-state index contributed by atoms with van der Waals surface area (Å²) >= 11 is 0. The molecule has 0 bridgehead atoms. The van der Waals surface area contributed by atoms with Crippen LogP contribution in [0.1, 0.15) is 0 Å². The summed E-state index contributed by atoms with van der Waals surface area (Å²) in [5.41, 5.74) is 0. The van der Waals surface area contributed by atoms with E-state index in [-0.39, 0.29) is 2160 Å². The van der Waals surface area contributed by atoms with Gasteiger partial charge >= 0.3 is 0 Å². The average molecular weight is 2900 g/mol. The Morgan fingerprint density at radius 1 is 0.0300 bits per heavy atom. The van der Waals surface area contributed by atoms with Crippen LogP contribution in [0.2, 0.25) is 0 Å². The van der Waals surface area contributed by atoms with Crippen LogP contribution in [0.4, 0.5) is 0 Å². The van der Waals surface area contributed by atoms with Crippen molar-refractivity contribution in [3.8, 4) is 0 Å². The predicted molar refractivity (Wildman–Crippen MR) is 178 cm³/mol. The molecule has 2 radical (unpaired) electrons. The molecule has 798 valence electrons. The van der Waals surface area contributed by atoms with E-state index in [0.29, 0.717) is 0 Å². The summed E-state index contributed by atoms with van der Waals surface area (Å²) in [7, 11) is 0. The van der Waals surface area contributed by atoms with E-state index in [1.807, 2.05) is 0 Å². The third-order valence-electron chi connectivity index (χ3n) is 0. The van der Waals surface area contributed by atoms with E-state index in [2.05, 4.69) is 0 Å². The fourth-order valence-electron chi connectivity index (χ4n) is 0. The Morgan fingerprint density at radius 2 is 0.0300 bits per heavy atom. The van der Waals surface area contributed by atoms with E-state index >= 15 is 0 Å². The minimum absolute atomic E-state index is 0. The Morgan fingerprint density at radius 3 is 0.0300 bits per heavy atom. The molecule has 0 aromatic carbocycles. The van der Waals surface area contributed by atoms with Gasteiger partial charge in [0.25, 0.3) is 0 Å². The van der Waals surface area contributed by atoms with E-state index in [1.165, 1.54) is 0 Å². The first-order valence-electron chi connectivity index (χ1n) is 0. The summed E-state index contributed by atoms with van der Waals surface area (Å²) in [6.07, 6.45) is 0. The maximum absolute atomic E-state index is 0. The molecule has 0 fully saturated rings. The van der Waals surface area contributed by atoms with Gasteiger partial charge in [0.2, 0.25) is 0 Å². The molecule has 100 heavy (non-hydrogen) atoms. The molecule has 0 saturated carbocycles. The van der Waals surface area contributed by atoms with Gasteiger partial charge in [0, 0.05) is 1890 Å². The Balaban J connectivity index is 0. The van der Waals surface area contributed by atoms with Crippen molar-refractivity contribution in [1.29, 1.82) is 0 Å². The van der Waals surface area contributed by atoms with Gasteiger partial charge in [-0.05, 0) is 0 Å². The summed E-state index contributed by atoms with van der Waals surface area (Å²) in [6, 6.07) is 0. The molecular formula is H98Ar50O50. The number of hydrogen-bond donors (Lipinski definition) is 0. The molecule has 0 aliphatic rings. The Bertz CT molecular complexity index is 100. The molecule has 0 aromatic heterocycles. The number of hydrogen-bond acceptors (Lipinski definition) is 0. The van der Waals surface area contributed by atoms with Crippen LogP contribution in [0.25, 0.3) is 0 Å². The molecule has 0 heterocycles. The zero-order valence-corrected chi connectivity index (χ0v) is 77.9. The van der Waals surface area contributed by atoms with E-state index in [1.54, 1.807) is 0 Å². The van der Waals surface area contributed by atoms with E-state index in [9.17, 15) is 0 Å². The molecule has 0 aliphatic carbocycles. The van der Waals surface area contributed by atoms with Crippen LogP contribution in [0.5, 0.6) is 0 Å². The molecule has 98 N–H and O–H groups in total. The van der Waals surface area contributed by atoms with Gasteiger partial charge in [-0.1, -0.05) is 0 Å². The second kappa shape index (κ2) is 1090. The van der Waals surface area contributed by atoms with E-state index in [4.69, 9.17) is 0 Å². The largest absolute Gasteiger partial charge is 0.412 e. The van der Waals surface area contributed by atoms with Crippen LogP contribution in [0, 0.1) is 1890 Å². The van der Waals surface area contributed by atoms with Gasteiger partial charge in [0.1, 0.15) is 0 Å². The van der Waals surface area contributed by atoms with Crippen molar-refractivity contribution in [1.82, 2.24) is 0 Å². The van der Waals surface area contributed by atoms with Gasteiger partial charge in [-0.25, -0.2) is 0 Å². The molecule has 0 atom stereocenters. The molecule has 0 rings (SSSR count). The quantitative estimate of drug-likeness (QED) is 0.218. The Hall–Kier alpha value is 61.0.